The summed E-state index contributed by atoms with van der Waals surface area (Å²) in [6.45, 7) is 0. The molecule has 144 valence electrons. The molecule has 0 radical (unpaired) electrons. The zero-order chi connectivity index (χ0) is 17.9. The van der Waals surface area contributed by atoms with E-state index >= 15 is 0 Å². The van der Waals surface area contributed by atoms with Gasteiger partial charge in [0.05, 0.1) is 16.8 Å². The fourth-order valence-electron chi connectivity index (χ4n) is 1.03. The van der Waals surface area contributed by atoms with Crippen LogP contribution in [0.3, 0.4) is 0 Å². The second-order valence-electron chi connectivity index (χ2n) is 3.86. The molecule has 1 atom stereocenters. The van der Waals surface area contributed by atoms with Crippen LogP contribution in [0.2, 0.25) is 0 Å². The molecule has 12 heteroatoms. The summed E-state index contributed by atoms with van der Waals surface area (Å²) in [6.07, 6.45) is 2.01. The van der Waals surface area contributed by atoms with Gasteiger partial charge in [-0.15, -0.1) is 58.8 Å². The minimum Gasteiger partial charge on any atom is -0.386 e. The molecule has 1 N–H and O–H groups in total. The molecule has 3 nitrogen and oxygen atoms in total. The average molecular weight is 505 g/mol. The van der Waals surface area contributed by atoms with Crippen molar-refractivity contribution in [2.45, 2.75) is 0 Å². The Labute approximate surface area is 182 Å². The summed E-state index contributed by atoms with van der Waals surface area (Å²) in [5, 5.41) is 14.3. The minimum atomic E-state index is -0.748. The average Bonchev–Trinajstić information content (AvgIpc) is 2.58. The van der Waals surface area contributed by atoms with Gasteiger partial charge in [0.1, 0.15) is 0 Å². The molecule has 0 aromatic heterocycles. The van der Waals surface area contributed by atoms with Gasteiger partial charge in [0, 0.05) is 47.7 Å². The Kier molecular flexibility index (Phi) is 24.2. The van der Waals surface area contributed by atoms with Gasteiger partial charge in [-0.2, -0.15) is 23.5 Å². The van der Waals surface area contributed by atoms with Crippen molar-refractivity contribution < 1.29 is 14.1 Å². The van der Waals surface area contributed by atoms with E-state index in [0.717, 1.165) is 36.9 Å². The fourth-order valence-corrected chi connectivity index (χ4v) is 10.8. The quantitative estimate of drug-likeness (QED) is 0.213. The number of hydrogen-bond acceptors (Lipinski definition) is 11. The highest BCUT2D eigenvalue weighted by atomic mass is 32.3. The van der Waals surface area contributed by atoms with E-state index in [2.05, 4.69) is 0 Å². The number of thioether (sulfide) groups is 8. The highest BCUT2D eigenvalue weighted by molar-refractivity contribution is 8.27. The van der Waals surface area contributed by atoms with E-state index in [4.69, 9.17) is 5.11 Å². The van der Waals surface area contributed by atoms with Crippen molar-refractivity contribution in [3.63, 3.8) is 0 Å². The molecule has 24 heavy (non-hydrogen) atoms. The predicted molar refractivity (Wildman–Crippen MR) is 131 cm³/mol. The maximum absolute atomic E-state index is 11.7. The van der Waals surface area contributed by atoms with Crippen molar-refractivity contribution in [1.29, 1.82) is 0 Å². The van der Waals surface area contributed by atoms with Crippen molar-refractivity contribution in [2.75, 3.05) is 60.0 Å². The zero-order valence-electron chi connectivity index (χ0n) is 13.5. The smallest absolute Gasteiger partial charge is 0.199 e. The third kappa shape index (κ3) is 20.9. The number of aliphatic hydroxyl groups excluding tert-OH is 1. The van der Waals surface area contributed by atoms with Crippen LogP contribution >= 0.6 is 94.1 Å². The molecule has 0 aromatic rings. The normalized spacial score (nSPS) is 12.4. The molecule has 1 unspecified atom stereocenters. The number of carbonyl (C=O) groups is 1. The van der Waals surface area contributed by atoms with Crippen molar-refractivity contribution in [1.82, 2.24) is 0 Å². The van der Waals surface area contributed by atoms with Crippen molar-refractivity contribution in [3.05, 3.63) is 0 Å². The molecule has 0 bridgehead atoms. The lowest BCUT2D eigenvalue weighted by molar-refractivity contribution is -0.108. The van der Waals surface area contributed by atoms with E-state index in [1.165, 1.54) is 23.5 Å². The first kappa shape index (κ1) is 26.6. The lowest BCUT2D eigenvalue weighted by Crippen LogP contribution is -2.02. The Bertz CT molecular complexity index is 320. The summed E-state index contributed by atoms with van der Waals surface area (Å²) in [7, 11) is -0.748. The van der Waals surface area contributed by atoms with E-state index in [9.17, 15) is 9.00 Å². The standard InChI is InChI=1S/C12H24O3S9/c1-16-6-23-12(14)4-18-8-21-10-20-7-17-2-3-24(15)11-22-9-19-5-13/h13H,2-11H2,1H3. The lowest BCUT2D eigenvalue weighted by Gasteiger charge is -2.03. The summed E-state index contributed by atoms with van der Waals surface area (Å²) < 4.78 is 11.7. The molecule has 0 aliphatic rings. The van der Waals surface area contributed by atoms with Crippen LogP contribution in [0.15, 0.2) is 0 Å². The van der Waals surface area contributed by atoms with Crippen LogP contribution in [-0.4, -0.2) is 74.4 Å². The second-order valence-corrected chi connectivity index (χ2v) is 15.5. The summed E-state index contributed by atoms with van der Waals surface area (Å²) in [5.41, 5.74) is 0. The van der Waals surface area contributed by atoms with Gasteiger partial charge in [-0.25, -0.2) is 0 Å². The van der Waals surface area contributed by atoms with Crippen LogP contribution in [0.5, 0.6) is 0 Å². The molecule has 0 spiro atoms. The third-order valence-corrected chi connectivity index (χ3v) is 13.2. The number of hydrogen-bond donors (Lipinski definition) is 1. The molecule has 0 aromatic carbocycles. The molecule has 0 aliphatic carbocycles. The molecule has 0 rings (SSSR count). The highest BCUT2D eigenvalue weighted by Crippen LogP contribution is 2.22. The van der Waals surface area contributed by atoms with Gasteiger partial charge in [0.25, 0.3) is 0 Å². The molecular weight excluding hydrogens is 481 g/mol. The maximum atomic E-state index is 11.7. The van der Waals surface area contributed by atoms with Gasteiger partial charge in [-0.05, 0) is 6.26 Å². The van der Waals surface area contributed by atoms with Crippen LogP contribution in [-0.2, 0) is 15.6 Å². The monoisotopic (exact) mass is 504 g/mol. The molecule has 0 amide bonds. The van der Waals surface area contributed by atoms with Crippen LogP contribution in [0, 0.1) is 0 Å². The summed E-state index contributed by atoms with van der Waals surface area (Å²) in [6, 6.07) is 0. The Balaban J connectivity index is 3.19. The molecule has 0 saturated heterocycles. The first-order chi connectivity index (χ1) is 11.7. The van der Waals surface area contributed by atoms with Crippen LogP contribution in [0.25, 0.3) is 0 Å². The Morgan fingerprint density at radius 1 is 0.917 bits per heavy atom. The van der Waals surface area contributed by atoms with Gasteiger partial charge in [-0.1, -0.05) is 11.8 Å². The second kappa shape index (κ2) is 21.9. The molecule has 0 saturated carbocycles. The largest absolute Gasteiger partial charge is 0.386 e. The van der Waals surface area contributed by atoms with E-state index < -0.39 is 10.8 Å². The summed E-state index contributed by atoms with van der Waals surface area (Å²) in [5.74, 6) is 2.43. The number of aliphatic hydroxyl groups is 1. The third-order valence-electron chi connectivity index (χ3n) is 1.99. The number of rotatable bonds is 18. The van der Waals surface area contributed by atoms with E-state index in [1.54, 1.807) is 35.3 Å². The SMILES string of the molecule is CSCSC(=O)CSCSCSCSCCS(=O)CSCSCO. The minimum absolute atomic E-state index is 0.135. The van der Waals surface area contributed by atoms with Gasteiger partial charge in [0.2, 0.25) is 0 Å². The van der Waals surface area contributed by atoms with Gasteiger partial charge < -0.3 is 5.11 Å². The van der Waals surface area contributed by atoms with Crippen molar-refractivity contribution in [3.8, 4) is 0 Å². The van der Waals surface area contributed by atoms with Gasteiger partial charge in [-0.3, -0.25) is 9.00 Å². The Morgan fingerprint density at radius 2 is 1.58 bits per heavy atom. The molecular formula is C12H24O3S9. The topological polar surface area (TPSA) is 54.4 Å². The van der Waals surface area contributed by atoms with E-state index in [-0.39, 0.29) is 11.1 Å². The van der Waals surface area contributed by atoms with Crippen molar-refractivity contribution >= 4 is 110 Å². The van der Waals surface area contributed by atoms with E-state index in [0.29, 0.717) is 10.8 Å². The van der Waals surface area contributed by atoms with Gasteiger partial charge >= 0.3 is 0 Å². The first-order valence-electron chi connectivity index (χ1n) is 6.77. The van der Waals surface area contributed by atoms with E-state index in [1.807, 2.05) is 41.5 Å². The van der Waals surface area contributed by atoms with Crippen LogP contribution in [0.4, 0.5) is 0 Å². The number of carbonyl (C=O) groups excluding carboxylic acids is 1. The molecule has 0 fully saturated rings. The lowest BCUT2D eigenvalue weighted by atomic mass is 10.9. The molecule has 0 heterocycles. The first-order valence-corrected chi connectivity index (χ1v) is 17.6. The fraction of sp³-hybridized carbons (Fsp3) is 0.917. The highest BCUT2D eigenvalue weighted by Gasteiger charge is 2.03. The maximum Gasteiger partial charge on any atom is 0.199 e. The molecule has 0 aliphatic heterocycles. The van der Waals surface area contributed by atoms with Crippen molar-refractivity contribution in [2.24, 2.45) is 0 Å². The predicted octanol–water partition coefficient (Wildman–Crippen LogP) is 4.45. The van der Waals surface area contributed by atoms with Crippen LogP contribution in [0.1, 0.15) is 0 Å². The summed E-state index contributed by atoms with van der Waals surface area (Å²) >= 11 is 13.5. The zero-order valence-corrected chi connectivity index (χ0v) is 20.9. The van der Waals surface area contributed by atoms with Gasteiger partial charge in [0.15, 0.2) is 5.12 Å². The van der Waals surface area contributed by atoms with Crippen LogP contribution < -0.4 is 0 Å². The Hall–Kier alpha value is 2.58. The Morgan fingerprint density at radius 3 is 2.29 bits per heavy atom. The summed E-state index contributed by atoms with van der Waals surface area (Å²) in [4.78, 5) is 11.4.